The van der Waals surface area contributed by atoms with Gasteiger partial charge in [0.2, 0.25) is 10.0 Å². The minimum absolute atomic E-state index is 0.0965. The maximum absolute atomic E-state index is 11.7. The van der Waals surface area contributed by atoms with Crippen LogP contribution < -0.4 is 15.8 Å². The number of nitrogens with one attached hydrogen (secondary N) is 2. The van der Waals surface area contributed by atoms with Crippen LogP contribution in [0.2, 0.25) is 0 Å². The van der Waals surface area contributed by atoms with Crippen molar-refractivity contribution in [1.82, 2.24) is 4.72 Å². The summed E-state index contributed by atoms with van der Waals surface area (Å²) in [6, 6.07) is 4.40. The molecule has 1 aromatic rings. The van der Waals surface area contributed by atoms with E-state index in [0.29, 0.717) is 24.4 Å². The van der Waals surface area contributed by atoms with Gasteiger partial charge in [-0.1, -0.05) is 0 Å². The normalized spacial score (nSPS) is 14.7. The molecule has 0 aromatic heterocycles. The molecule has 0 radical (unpaired) electrons. The predicted molar refractivity (Wildman–Crippen MR) is 82.7 cm³/mol. The molecule has 1 atom stereocenters. The van der Waals surface area contributed by atoms with Crippen molar-refractivity contribution in [2.45, 2.75) is 23.8 Å². The molecule has 0 amide bonds. The highest BCUT2D eigenvalue weighted by Gasteiger charge is 2.20. The van der Waals surface area contributed by atoms with Crippen LogP contribution in [0, 0.1) is 0 Å². The molecule has 5 N–H and O–H groups in total. The number of nitrogen functional groups attached to an aromatic ring is 1. The van der Waals surface area contributed by atoms with Crippen molar-refractivity contribution in [2.24, 2.45) is 0 Å². The first-order valence-corrected chi connectivity index (χ1v) is 7.98. The second-order valence-electron chi connectivity index (χ2n) is 5.05. The second kappa shape index (κ2) is 7.08. The van der Waals surface area contributed by atoms with Crippen LogP contribution in [0.1, 0.15) is 13.3 Å². The molecule has 0 heterocycles. The first kappa shape index (κ1) is 17.7. The number of aliphatic hydroxyl groups is 1. The molecule has 1 rings (SSSR count). The SMILES string of the molecule is CNS(=O)(=O)c1ccc(NCC(C)(O)CCOC)c(N)c1. The highest BCUT2D eigenvalue weighted by molar-refractivity contribution is 7.89. The van der Waals surface area contributed by atoms with Gasteiger partial charge in [0, 0.05) is 26.7 Å². The van der Waals surface area contributed by atoms with Crippen molar-refractivity contribution in [3.8, 4) is 0 Å². The lowest BCUT2D eigenvalue weighted by Crippen LogP contribution is -2.34. The first-order valence-electron chi connectivity index (χ1n) is 6.50. The molecule has 1 unspecified atom stereocenters. The van der Waals surface area contributed by atoms with E-state index in [1.54, 1.807) is 20.1 Å². The summed E-state index contributed by atoms with van der Waals surface area (Å²) in [4.78, 5) is 0.0965. The van der Waals surface area contributed by atoms with E-state index in [1.807, 2.05) is 0 Å². The molecular weight excluding hydrogens is 294 g/mol. The molecule has 0 bridgehead atoms. The van der Waals surface area contributed by atoms with E-state index in [2.05, 4.69) is 10.0 Å². The number of nitrogens with two attached hydrogens (primary N) is 1. The first-order chi connectivity index (χ1) is 9.72. The minimum Gasteiger partial charge on any atom is -0.397 e. The van der Waals surface area contributed by atoms with Crippen LogP contribution in [0.3, 0.4) is 0 Å². The Hall–Kier alpha value is -1.35. The van der Waals surface area contributed by atoms with Gasteiger partial charge in [0.25, 0.3) is 0 Å². The maximum Gasteiger partial charge on any atom is 0.240 e. The number of rotatable bonds is 8. The Balaban J connectivity index is 2.78. The van der Waals surface area contributed by atoms with Gasteiger partial charge in [-0.25, -0.2) is 13.1 Å². The Morgan fingerprint density at radius 3 is 2.62 bits per heavy atom. The van der Waals surface area contributed by atoms with Gasteiger partial charge in [-0.3, -0.25) is 0 Å². The summed E-state index contributed by atoms with van der Waals surface area (Å²) in [5.41, 5.74) is 5.77. The quantitative estimate of drug-likeness (QED) is 0.515. The van der Waals surface area contributed by atoms with E-state index in [9.17, 15) is 13.5 Å². The highest BCUT2D eigenvalue weighted by atomic mass is 32.2. The number of methoxy groups -OCH3 is 1. The zero-order chi connectivity index (χ0) is 16.1. The fraction of sp³-hybridized carbons (Fsp3) is 0.538. The van der Waals surface area contributed by atoms with Crippen molar-refractivity contribution >= 4 is 21.4 Å². The highest BCUT2D eigenvalue weighted by Crippen LogP contribution is 2.23. The third-order valence-corrected chi connectivity index (χ3v) is 4.52. The Morgan fingerprint density at radius 2 is 2.10 bits per heavy atom. The molecule has 0 aliphatic heterocycles. The average Bonchev–Trinajstić information content (AvgIpc) is 2.43. The van der Waals surface area contributed by atoms with Gasteiger partial charge >= 0.3 is 0 Å². The number of hydrogen-bond donors (Lipinski definition) is 4. The van der Waals surface area contributed by atoms with Gasteiger partial charge in [-0.15, -0.1) is 0 Å². The van der Waals surface area contributed by atoms with Crippen LogP contribution >= 0.6 is 0 Å². The smallest absolute Gasteiger partial charge is 0.240 e. The van der Waals surface area contributed by atoms with Gasteiger partial charge in [0.15, 0.2) is 0 Å². The van der Waals surface area contributed by atoms with Gasteiger partial charge in [0.1, 0.15) is 0 Å². The average molecular weight is 317 g/mol. The van der Waals surface area contributed by atoms with Crippen molar-refractivity contribution < 1.29 is 18.3 Å². The molecule has 7 nitrogen and oxygen atoms in total. The Morgan fingerprint density at radius 1 is 1.43 bits per heavy atom. The molecule has 0 aliphatic rings. The molecule has 1 aromatic carbocycles. The molecule has 0 fully saturated rings. The van der Waals surface area contributed by atoms with Crippen molar-refractivity contribution in [3.05, 3.63) is 18.2 Å². The summed E-state index contributed by atoms with van der Waals surface area (Å²) >= 11 is 0. The number of hydrogen-bond acceptors (Lipinski definition) is 6. The van der Waals surface area contributed by atoms with E-state index in [1.165, 1.54) is 19.2 Å². The van der Waals surface area contributed by atoms with Crippen molar-refractivity contribution in [3.63, 3.8) is 0 Å². The van der Waals surface area contributed by atoms with Crippen LogP contribution in [0.4, 0.5) is 11.4 Å². The lowest BCUT2D eigenvalue weighted by atomic mass is 10.0. The van der Waals surface area contributed by atoms with Crippen LogP contribution in [-0.4, -0.2) is 46.4 Å². The summed E-state index contributed by atoms with van der Waals surface area (Å²) in [5, 5.41) is 13.1. The van der Waals surface area contributed by atoms with Crippen molar-refractivity contribution in [2.75, 3.05) is 38.4 Å². The van der Waals surface area contributed by atoms with Crippen LogP contribution in [0.25, 0.3) is 0 Å². The van der Waals surface area contributed by atoms with Crippen LogP contribution in [0.5, 0.6) is 0 Å². The fourth-order valence-electron chi connectivity index (χ4n) is 1.68. The number of ether oxygens (including phenoxy) is 1. The largest absolute Gasteiger partial charge is 0.397 e. The molecule has 8 heteroatoms. The van der Waals surface area contributed by atoms with Gasteiger partial charge in [-0.2, -0.15) is 0 Å². The standard InChI is InChI=1S/C13H23N3O4S/c1-13(17,6-7-20-3)9-16-12-5-4-10(8-11(12)14)21(18,19)15-2/h4-5,8,15-17H,6-7,9,14H2,1-3H3. The van der Waals surface area contributed by atoms with Gasteiger partial charge in [0.05, 0.1) is 21.9 Å². The zero-order valence-electron chi connectivity index (χ0n) is 12.5. The number of anilines is 2. The third kappa shape index (κ3) is 5.16. The summed E-state index contributed by atoms with van der Waals surface area (Å²) in [6.07, 6.45) is 0.475. The predicted octanol–water partition coefficient (Wildman–Crippen LogP) is 0.376. The van der Waals surface area contributed by atoms with Gasteiger partial charge < -0.3 is 20.9 Å². The summed E-state index contributed by atoms with van der Waals surface area (Å²) in [5.74, 6) is 0. The Bertz CT molecular complexity index is 573. The van der Waals surface area contributed by atoms with E-state index in [0.717, 1.165) is 0 Å². The maximum atomic E-state index is 11.7. The summed E-state index contributed by atoms with van der Waals surface area (Å²) < 4.78 is 30.5. The summed E-state index contributed by atoms with van der Waals surface area (Å²) in [7, 11) is -0.607. The zero-order valence-corrected chi connectivity index (χ0v) is 13.3. The van der Waals surface area contributed by atoms with Crippen LogP contribution in [-0.2, 0) is 14.8 Å². The van der Waals surface area contributed by atoms with Crippen LogP contribution in [0.15, 0.2) is 23.1 Å². The third-order valence-electron chi connectivity index (χ3n) is 3.11. The number of benzene rings is 1. The summed E-state index contributed by atoms with van der Waals surface area (Å²) in [6.45, 7) is 2.41. The van der Waals surface area contributed by atoms with Gasteiger partial charge in [-0.05, 0) is 32.2 Å². The molecule has 0 saturated heterocycles. The molecule has 0 saturated carbocycles. The molecule has 0 spiro atoms. The van der Waals surface area contributed by atoms with E-state index < -0.39 is 15.6 Å². The van der Waals surface area contributed by atoms with E-state index in [-0.39, 0.29) is 11.4 Å². The van der Waals surface area contributed by atoms with E-state index >= 15 is 0 Å². The monoisotopic (exact) mass is 317 g/mol. The Labute approximate surface area is 125 Å². The fourth-order valence-corrected chi connectivity index (χ4v) is 2.45. The topological polar surface area (TPSA) is 114 Å². The molecular formula is C13H23N3O4S. The van der Waals surface area contributed by atoms with E-state index in [4.69, 9.17) is 10.5 Å². The Kier molecular flexibility index (Phi) is 5.97. The second-order valence-corrected chi connectivity index (χ2v) is 6.94. The minimum atomic E-state index is -3.52. The molecule has 0 aliphatic carbocycles. The lowest BCUT2D eigenvalue weighted by molar-refractivity contribution is 0.0358. The molecule has 21 heavy (non-hydrogen) atoms. The lowest BCUT2D eigenvalue weighted by Gasteiger charge is -2.24. The molecule has 120 valence electrons. The number of sulfonamides is 1. The van der Waals surface area contributed by atoms with Crippen molar-refractivity contribution in [1.29, 1.82) is 0 Å².